The minimum atomic E-state index is -4.39. The standard InChI is InChI=1S/C25H23ClFN3O7S/c26-17-7-9-18(10-8-17)38(34,35)24(28-23(32)21-6-3-15-36-21)25(33)30-13-11-29(12-14-30)22(31)16-37-20-5-2-1-4-19(20)27/h1-10,15,24H,11-14,16H2,(H,28,32)/t24-/m0/s1. The molecule has 38 heavy (non-hydrogen) atoms. The summed E-state index contributed by atoms with van der Waals surface area (Å²) in [6.45, 7) is -0.210. The second-order valence-corrected chi connectivity index (χ2v) is 10.7. The van der Waals surface area contributed by atoms with Crippen LogP contribution in [0.2, 0.25) is 5.02 Å². The number of ether oxygens (including phenoxy) is 1. The number of hydrogen-bond acceptors (Lipinski definition) is 7. The van der Waals surface area contributed by atoms with Crippen LogP contribution < -0.4 is 10.1 Å². The van der Waals surface area contributed by atoms with E-state index in [0.29, 0.717) is 5.02 Å². The van der Waals surface area contributed by atoms with Crippen molar-refractivity contribution < 1.29 is 36.3 Å². The van der Waals surface area contributed by atoms with E-state index in [-0.39, 0.29) is 42.6 Å². The van der Waals surface area contributed by atoms with Crippen LogP contribution in [0.25, 0.3) is 0 Å². The van der Waals surface area contributed by atoms with Crippen molar-refractivity contribution in [3.05, 3.63) is 83.5 Å². The Kier molecular flexibility index (Phi) is 8.32. The van der Waals surface area contributed by atoms with Crippen molar-refractivity contribution >= 4 is 39.2 Å². The van der Waals surface area contributed by atoms with Gasteiger partial charge in [-0.05, 0) is 48.5 Å². The summed E-state index contributed by atoms with van der Waals surface area (Å²) < 4.78 is 50.8. The van der Waals surface area contributed by atoms with E-state index in [1.807, 2.05) is 0 Å². The highest BCUT2D eigenvalue weighted by Crippen LogP contribution is 2.21. The maximum absolute atomic E-state index is 13.7. The lowest BCUT2D eigenvalue weighted by atomic mass is 10.3. The molecule has 0 saturated carbocycles. The number of piperazine rings is 1. The number of para-hydroxylation sites is 1. The Balaban J connectivity index is 1.45. The van der Waals surface area contributed by atoms with Gasteiger partial charge in [0.2, 0.25) is 15.2 Å². The van der Waals surface area contributed by atoms with Crippen LogP contribution in [0.1, 0.15) is 10.6 Å². The van der Waals surface area contributed by atoms with Gasteiger partial charge in [-0.15, -0.1) is 0 Å². The summed E-state index contributed by atoms with van der Waals surface area (Å²) in [4.78, 5) is 41.1. The molecular formula is C25H23ClFN3O7S. The van der Waals surface area contributed by atoms with Crippen LogP contribution in [0.4, 0.5) is 4.39 Å². The molecule has 200 valence electrons. The maximum Gasteiger partial charge on any atom is 0.288 e. The van der Waals surface area contributed by atoms with Gasteiger partial charge in [0.25, 0.3) is 17.7 Å². The first-order valence-electron chi connectivity index (χ1n) is 11.4. The average molecular weight is 564 g/mol. The van der Waals surface area contributed by atoms with Crippen molar-refractivity contribution in [2.45, 2.75) is 10.3 Å². The first-order chi connectivity index (χ1) is 18.2. The maximum atomic E-state index is 13.7. The van der Waals surface area contributed by atoms with Crippen molar-refractivity contribution in [2.75, 3.05) is 32.8 Å². The predicted molar refractivity (Wildman–Crippen MR) is 134 cm³/mol. The number of furan rings is 1. The van der Waals surface area contributed by atoms with Crippen LogP contribution in [0.3, 0.4) is 0 Å². The molecule has 1 saturated heterocycles. The third-order valence-electron chi connectivity index (χ3n) is 5.82. The molecule has 0 radical (unpaired) electrons. The topological polar surface area (TPSA) is 126 Å². The molecule has 0 bridgehead atoms. The SMILES string of the molecule is O=C(N[C@H](C(=O)N1CCN(C(=O)COc2ccccc2F)CC1)S(=O)(=O)c1ccc(Cl)cc1)c1ccco1. The molecule has 2 heterocycles. The minimum absolute atomic E-state index is 0.00747. The number of carbonyl (C=O) groups is 3. The molecule has 1 N–H and O–H groups in total. The molecule has 3 aromatic rings. The quantitative estimate of drug-likeness (QED) is 0.446. The summed E-state index contributed by atoms with van der Waals surface area (Å²) in [6.07, 6.45) is 1.24. The molecule has 0 unspecified atom stereocenters. The van der Waals surface area contributed by atoms with E-state index in [2.05, 4.69) is 5.32 Å². The normalized spacial score (nSPS) is 14.6. The van der Waals surface area contributed by atoms with Crippen molar-refractivity contribution in [3.63, 3.8) is 0 Å². The fraction of sp³-hybridized carbons (Fsp3) is 0.240. The van der Waals surface area contributed by atoms with Crippen molar-refractivity contribution in [1.82, 2.24) is 15.1 Å². The van der Waals surface area contributed by atoms with Gasteiger partial charge in [-0.1, -0.05) is 23.7 Å². The Morgan fingerprint density at radius 3 is 2.26 bits per heavy atom. The second kappa shape index (κ2) is 11.7. The summed E-state index contributed by atoms with van der Waals surface area (Å²) in [5.41, 5.74) is 0. The summed E-state index contributed by atoms with van der Waals surface area (Å²) in [7, 11) is -4.39. The van der Waals surface area contributed by atoms with E-state index >= 15 is 0 Å². The zero-order valence-corrected chi connectivity index (χ0v) is 21.5. The molecule has 2 aromatic carbocycles. The summed E-state index contributed by atoms with van der Waals surface area (Å²) in [5, 5.41) is 0.613. The lowest BCUT2D eigenvalue weighted by Crippen LogP contribution is -2.58. The molecule has 1 aromatic heterocycles. The number of nitrogens with one attached hydrogen (secondary N) is 1. The molecule has 4 rings (SSSR count). The van der Waals surface area contributed by atoms with E-state index in [0.717, 1.165) is 0 Å². The van der Waals surface area contributed by atoms with Crippen molar-refractivity contribution in [1.29, 1.82) is 0 Å². The lowest BCUT2D eigenvalue weighted by molar-refractivity contribution is -0.140. The monoisotopic (exact) mass is 563 g/mol. The molecule has 1 aliphatic rings. The van der Waals surface area contributed by atoms with E-state index < -0.39 is 45.4 Å². The molecule has 1 atom stereocenters. The molecule has 1 fully saturated rings. The number of rotatable bonds is 8. The van der Waals surface area contributed by atoms with Gasteiger partial charge >= 0.3 is 0 Å². The van der Waals surface area contributed by atoms with Crippen molar-refractivity contribution in [3.8, 4) is 5.75 Å². The molecule has 10 nitrogen and oxygen atoms in total. The van der Waals surface area contributed by atoms with E-state index in [1.165, 1.54) is 70.7 Å². The summed E-state index contributed by atoms with van der Waals surface area (Å²) in [6, 6.07) is 13.7. The number of hydrogen-bond donors (Lipinski definition) is 1. The van der Waals surface area contributed by atoms with Gasteiger partial charge in [0.05, 0.1) is 11.2 Å². The van der Waals surface area contributed by atoms with Gasteiger partial charge in [0, 0.05) is 31.2 Å². The zero-order chi connectivity index (χ0) is 27.3. The largest absolute Gasteiger partial charge is 0.481 e. The first-order valence-corrected chi connectivity index (χ1v) is 13.4. The van der Waals surface area contributed by atoms with E-state index in [1.54, 1.807) is 6.07 Å². The van der Waals surface area contributed by atoms with Crippen LogP contribution in [0.5, 0.6) is 5.75 Å². The van der Waals surface area contributed by atoms with Gasteiger partial charge in [-0.25, -0.2) is 12.8 Å². The summed E-state index contributed by atoms with van der Waals surface area (Å²) >= 11 is 5.87. The second-order valence-electron chi connectivity index (χ2n) is 8.25. The number of halogens is 2. The Hall–Kier alpha value is -3.90. The smallest absolute Gasteiger partial charge is 0.288 e. The van der Waals surface area contributed by atoms with Gasteiger partial charge in [0.1, 0.15) is 0 Å². The fourth-order valence-corrected chi connectivity index (χ4v) is 5.36. The number of nitrogens with zero attached hydrogens (tertiary/aromatic N) is 2. The molecule has 13 heteroatoms. The Labute approximate surface area is 222 Å². The number of sulfone groups is 1. The average Bonchev–Trinajstić information content (AvgIpc) is 3.46. The highest BCUT2D eigenvalue weighted by atomic mass is 35.5. The molecule has 0 aliphatic carbocycles. The van der Waals surface area contributed by atoms with Gasteiger partial charge < -0.3 is 24.3 Å². The number of benzene rings is 2. The summed E-state index contributed by atoms with van der Waals surface area (Å²) in [5.74, 6) is -2.99. The minimum Gasteiger partial charge on any atom is -0.481 e. The molecular weight excluding hydrogens is 541 g/mol. The van der Waals surface area contributed by atoms with Gasteiger partial charge in [0.15, 0.2) is 23.9 Å². The van der Waals surface area contributed by atoms with Crippen molar-refractivity contribution in [2.24, 2.45) is 0 Å². The molecule has 1 aliphatic heterocycles. The fourth-order valence-electron chi connectivity index (χ4n) is 3.76. The van der Waals surface area contributed by atoms with Gasteiger partial charge in [-0.2, -0.15) is 0 Å². The number of carbonyl (C=O) groups excluding carboxylic acids is 3. The van der Waals surface area contributed by atoms with Gasteiger partial charge in [-0.3, -0.25) is 14.4 Å². The van der Waals surface area contributed by atoms with Crippen LogP contribution in [0, 0.1) is 5.82 Å². The third kappa shape index (κ3) is 6.14. The third-order valence-corrected chi connectivity index (χ3v) is 7.94. The first kappa shape index (κ1) is 27.1. The Morgan fingerprint density at radius 2 is 1.63 bits per heavy atom. The van der Waals surface area contributed by atoms with E-state index in [9.17, 15) is 27.2 Å². The lowest BCUT2D eigenvalue weighted by Gasteiger charge is -2.36. The van der Waals surface area contributed by atoms with Crippen LogP contribution in [-0.4, -0.2) is 74.1 Å². The van der Waals surface area contributed by atoms with E-state index in [4.69, 9.17) is 20.8 Å². The van der Waals surface area contributed by atoms with Crippen LogP contribution in [-0.2, 0) is 19.4 Å². The highest BCUT2D eigenvalue weighted by Gasteiger charge is 2.40. The highest BCUT2D eigenvalue weighted by molar-refractivity contribution is 7.92. The number of amides is 3. The molecule has 0 spiro atoms. The zero-order valence-electron chi connectivity index (χ0n) is 19.9. The Bertz CT molecular complexity index is 1410. The van der Waals surface area contributed by atoms with Crippen LogP contribution >= 0.6 is 11.6 Å². The predicted octanol–water partition coefficient (Wildman–Crippen LogP) is 2.35. The Morgan fingerprint density at radius 1 is 0.974 bits per heavy atom. The van der Waals surface area contributed by atoms with Crippen LogP contribution in [0.15, 0.2) is 76.2 Å². The molecule has 3 amide bonds.